The Bertz CT molecular complexity index is 717. The summed E-state index contributed by atoms with van der Waals surface area (Å²) in [5, 5.41) is 8.25. The first kappa shape index (κ1) is 15.9. The Kier molecular flexibility index (Phi) is 4.35. The molecule has 1 fully saturated rings. The first-order valence-electron chi connectivity index (χ1n) is 8.24. The van der Waals surface area contributed by atoms with E-state index in [1.807, 2.05) is 24.6 Å². The highest BCUT2D eigenvalue weighted by Gasteiger charge is 2.25. The topological polar surface area (TPSA) is 69.0 Å². The molecule has 2 aromatic heterocycles. The number of ether oxygens (including phenoxy) is 1. The van der Waals surface area contributed by atoms with Crippen LogP contribution in [0.15, 0.2) is 12.3 Å². The van der Waals surface area contributed by atoms with Crippen molar-refractivity contribution in [3.8, 4) is 0 Å². The molecule has 6 heteroatoms. The molecular weight excluding hydrogens is 292 g/mol. The van der Waals surface area contributed by atoms with Gasteiger partial charge in [-0.05, 0) is 46.6 Å². The van der Waals surface area contributed by atoms with Crippen molar-refractivity contribution < 1.29 is 9.53 Å². The molecule has 2 unspecified atom stereocenters. The highest BCUT2D eigenvalue weighted by atomic mass is 16.5. The minimum Gasteiger partial charge on any atom is -0.376 e. The lowest BCUT2D eigenvalue weighted by Crippen LogP contribution is -2.40. The number of fused-ring (bicyclic) bond motifs is 1. The molecule has 3 rings (SSSR count). The molecule has 1 N–H and O–H groups in total. The summed E-state index contributed by atoms with van der Waals surface area (Å²) in [7, 11) is 0. The number of hydrogen-bond acceptors (Lipinski definition) is 4. The van der Waals surface area contributed by atoms with Crippen LogP contribution in [0.2, 0.25) is 0 Å². The molecule has 0 bridgehead atoms. The third-order valence-electron chi connectivity index (χ3n) is 4.31. The standard InChI is InChI=1S/C17H24N4O2/c1-10(2)21-16-14(9-18-21)13(8-11(3)19-16)17(22)20-12(4)15-6-5-7-23-15/h8-10,12,15H,5-7H2,1-4H3,(H,20,22). The summed E-state index contributed by atoms with van der Waals surface area (Å²) in [6, 6.07) is 2.02. The van der Waals surface area contributed by atoms with E-state index < -0.39 is 0 Å². The Hall–Kier alpha value is -1.95. The molecule has 0 aromatic carbocycles. The zero-order valence-electron chi connectivity index (χ0n) is 14.2. The molecule has 23 heavy (non-hydrogen) atoms. The van der Waals surface area contributed by atoms with Gasteiger partial charge in [0.05, 0.1) is 29.3 Å². The van der Waals surface area contributed by atoms with Gasteiger partial charge in [0, 0.05) is 18.3 Å². The third-order valence-corrected chi connectivity index (χ3v) is 4.31. The number of hydrogen-bond donors (Lipinski definition) is 1. The Labute approximate surface area is 136 Å². The molecule has 1 saturated heterocycles. The average Bonchev–Trinajstić information content (AvgIpc) is 3.15. The van der Waals surface area contributed by atoms with E-state index >= 15 is 0 Å². The molecule has 1 aliphatic heterocycles. The van der Waals surface area contributed by atoms with Gasteiger partial charge in [-0.15, -0.1) is 0 Å². The zero-order valence-corrected chi connectivity index (χ0v) is 14.2. The number of carbonyl (C=O) groups excluding carboxylic acids is 1. The fourth-order valence-corrected chi connectivity index (χ4v) is 3.08. The Morgan fingerprint density at radius 2 is 2.22 bits per heavy atom. The summed E-state index contributed by atoms with van der Waals surface area (Å²) in [5.74, 6) is -0.0909. The van der Waals surface area contributed by atoms with Gasteiger partial charge in [-0.2, -0.15) is 5.10 Å². The summed E-state index contributed by atoms with van der Waals surface area (Å²) in [6.45, 7) is 8.78. The molecule has 124 valence electrons. The van der Waals surface area contributed by atoms with Gasteiger partial charge >= 0.3 is 0 Å². The zero-order chi connectivity index (χ0) is 16.6. The van der Waals surface area contributed by atoms with Crippen LogP contribution in [0.3, 0.4) is 0 Å². The van der Waals surface area contributed by atoms with Crippen molar-refractivity contribution in [2.75, 3.05) is 6.61 Å². The molecule has 0 radical (unpaired) electrons. The van der Waals surface area contributed by atoms with Crippen molar-refractivity contribution in [1.82, 2.24) is 20.1 Å². The van der Waals surface area contributed by atoms with Crippen LogP contribution in [-0.4, -0.2) is 39.4 Å². The maximum absolute atomic E-state index is 12.7. The number of nitrogens with zero attached hydrogens (tertiary/aromatic N) is 3. The van der Waals surface area contributed by atoms with Crippen LogP contribution >= 0.6 is 0 Å². The molecule has 1 aliphatic rings. The maximum Gasteiger partial charge on any atom is 0.252 e. The van der Waals surface area contributed by atoms with Crippen molar-refractivity contribution in [3.05, 3.63) is 23.5 Å². The third kappa shape index (κ3) is 3.08. The van der Waals surface area contributed by atoms with E-state index in [9.17, 15) is 4.79 Å². The van der Waals surface area contributed by atoms with E-state index in [-0.39, 0.29) is 24.1 Å². The summed E-state index contributed by atoms with van der Waals surface area (Å²) < 4.78 is 7.50. The molecule has 2 aromatic rings. The van der Waals surface area contributed by atoms with Gasteiger partial charge in [0.2, 0.25) is 0 Å². The number of carbonyl (C=O) groups is 1. The summed E-state index contributed by atoms with van der Waals surface area (Å²) in [4.78, 5) is 17.3. The van der Waals surface area contributed by atoms with E-state index in [0.717, 1.165) is 36.2 Å². The van der Waals surface area contributed by atoms with Gasteiger partial charge in [-0.25, -0.2) is 9.67 Å². The molecule has 0 spiro atoms. The fourth-order valence-electron chi connectivity index (χ4n) is 3.08. The number of nitrogens with one attached hydrogen (secondary N) is 1. The molecule has 0 aliphatic carbocycles. The second-order valence-electron chi connectivity index (χ2n) is 6.54. The molecule has 2 atom stereocenters. The van der Waals surface area contributed by atoms with Crippen LogP contribution in [0, 0.1) is 6.92 Å². The fraction of sp³-hybridized carbons (Fsp3) is 0.588. The minimum absolute atomic E-state index is 0.00587. The summed E-state index contributed by atoms with van der Waals surface area (Å²) in [5.41, 5.74) is 2.20. The predicted octanol–water partition coefficient (Wildman–Crippen LogP) is 2.62. The largest absolute Gasteiger partial charge is 0.376 e. The molecule has 0 saturated carbocycles. The van der Waals surface area contributed by atoms with Crippen LogP contribution < -0.4 is 5.32 Å². The van der Waals surface area contributed by atoms with Crippen LogP contribution in [0.5, 0.6) is 0 Å². The SMILES string of the molecule is Cc1cc(C(=O)NC(C)C2CCCO2)c2cnn(C(C)C)c2n1. The van der Waals surface area contributed by atoms with Gasteiger partial charge in [0.1, 0.15) is 0 Å². The number of rotatable bonds is 4. The average molecular weight is 316 g/mol. The minimum atomic E-state index is -0.0909. The lowest BCUT2D eigenvalue weighted by Gasteiger charge is -2.20. The van der Waals surface area contributed by atoms with E-state index in [1.54, 1.807) is 6.20 Å². The van der Waals surface area contributed by atoms with E-state index in [2.05, 4.69) is 29.2 Å². The van der Waals surface area contributed by atoms with Crippen LogP contribution in [0.4, 0.5) is 0 Å². The quantitative estimate of drug-likeness (QED) is 0.941. The van der Waals surface area contributed by atoms with Crippen molar-refractivity contribution in [3.63, 3.8) is 0 Å². The van der Waals surface area contributed by atoms with Crippen molar-refractivity contribution in [2.24, 2.45) is 0 Å². The van der Waals surface area contributed by atoms with Gasteiger partial charge in [-0.3, -0.25) is 4.79 Å². The molecule has 6 nitrogen and oxygen atoms in total. The van der Waals surface area contributed by atoms with Crippen molar-refractivity contribution in [2.45, 2.75) is 58.7 Å². The Balaban J connectivity index is 1.90. The van der Waals surface area contributed by atoms with Crippen LogP contribution in [-0.2, 0) is 4.74 Å². The molecule has 3 heterocycles. The Morgan fingerprint density at radius 3 is 2.87 bits per heavy atom. The molecular formula is C17H24N4O2. The normalized spacial score (nSPS) is 19.4. The van der Waals surface area contributed by atoms with Gasteiger partial charge < -0.3 is 10.1 Å². The van der Waals surface area contributed by atoms with E-state index in [4.69, 9.17) is 4.74 Å². The van der Waals surface area contributed by atoms with Gasteiger partial charge in [-0.1, -0.05) is 0 Å². The smallest absolute Gasteiger partial charge is 0.252 e. The summed E-state index contributed by atoms with van der Waals surface area (Å²) in [6.07, 6.45) is 3.89. The second-order valence-corrected chi connectivity index (χ2v) is 6.54. The van der Waals surface area contributed by atoms with Gasteiger partial charge in [0.15, 0.2) is 5.65 Å². The molecule has 1 amide bonds. The predicted molar refractivity (Wildman–Crippen MR) is 88.6 cm³/mol. The summed E-state index contributed by atoms with van der Waals surface area (Å²) >= 11 is 0. The Morgan fingerprint density at radius 1 is 1.43 bits per heavy atom. The first-order valence-corrected chi connectivity index (χ1v) is 8.24. The number of aryl methyl sites for hydroxylation is 1. The van der Waals surface area contributed by atoms with Crippen molar-refractivity contribution in [1.29, 1.82) is 0 Å². The highest BCUT2D eigenvalue weighted by molar-refractivity contribution is 6.05. The monoisotopic (exact) mass is 316 g/mol. The number of aromatic nitrogens is 3. The van der Waals surface area contributed by atoms with E-state index in [0.29, 0.717) is 5.56 Å². The highest BCUT2D eigenvalue weighted by Crippen LogP contribution is 2.22. The van der Waals surface area contributed by atoms with Crippen LogP contribution in [0.1, 0.15) is 55.7 Å². The first-order chi connectivity index (χ1) is 11.0. The maximum atomic E-state index is 12.7. The van der Waals surface area contributed by atoms with Gasteiger partial charge in [0.25, 0.3) is 5.91 Å². The number of amides is 1. The lowest BCUT2D eigenvalue weighted by atomic mass is 10.1. The lowest BCUT2D eigenvalue weighted by molar-refractivity contribution is 0.0713. The van der Waals surface area contributed by atoms with E-state index in [1.165, 1.54) is 0 Å². The second kappa shape index (κ2) is 6.28. The van der Waals surface area contributed by atoms with Crippen molar-refractivity contribution >= 4 is 16.9 Å². The number of pyridine rings is 1. The van der Waals surface area contributed by atoms with Crippen LogP contribution in [0.25, 0.3) is 11.0 Å².